The topological polar surface area (TPSA) is 47.7 Å². The number of amidine groups is 1. The van der Waals surface area contributed by atoms with Crippen LogP contribution in [0.5, 0.6) is 0 Å². The number of rotatable bonds is 6. The van der Waals surface area contributed by atoms with Crippen LogP contribution in [0.15, 0.2) is 227 Å². The van der Waals surface area contributed by atoms with Crippen molar-refractivity contribution in [2.75, 3.05) is 0 Å². The third-order valence-corrected chi connectivity index (χ3v) is 14.3. The summed E-state index contributed by atoms with van der Waals surface area (Å²) < 4.78 is 11.7. The van der Waals surface area contributed by atoms with Crippen LogP contribution in [0.25, 0.3) is 98.5 Å². The summed E-state index contributed by atoms with van der Waals surface area (Å²) >= 11 is 0. The van der Waals surface area contributed by atoms with Gasteiger partial charge in [-0.05, 0) is 88.8 Å². The zero-order valence-electron chi connectivity index (χ0n) is 36.8. The first-order valence-corrected chi connectivity index (χ1v) is 23.3. The van der Waals surface area contributed by atoms with Crippen LogP contribution in [0, 0.1) is 5.92 Å². The van der Waals surface area contributed by atoms with E-state index in [1.54, 1.807) is 0 Å². The molecular weight excluding hydrogens is 817 g/mol. The van der Waals surface area contributed by atoms with E-state index in [-0.39, 0.29) is 12.0 Å². The highest BCUT2D eigenvalue weighted by atomic mass is 16.3. The van der Waals surface area contributed by atoms with Gasteiger partial charge in [0.2, 0.25) is 0 Å². The highest BCUT2D eigenvalue weighted by molar-refractivity contribution is 6.22. The number of nitrogens with zero attached hydrogens (tertiary/aromatic N) is 4. The number of benzene rings is 10. The van der Waals surface area contributed by atoms with Crippen LogP contribution in [0.1, 0.15) is 36.1 Å². The second-order valence-electron chi connectivity index (χ2n) is 17.9. The average Bonchev–Trinajstić information content (AvgIpc) is 4.05. The van der Waals surface area contributed by atoms with Crippen molar-refractivity contribution < 1.29 is 4.42 Å². The van der Waals surface area contributed by atoms with E-state index in [2.05, 4.69) is 228 Å². The molecule has 0 N–H and O–H groups in total. The van der Waals surface area contributed by atoms with Gasteiger partial charge >= 0.3 is 0 Å². The van der Waals surface area contributed by atoms with Gasteiger partial charge in [0.05, 0.1) is 39.5 Å². The van der Waals surface area contributed by atoms with Gasteiger partial charge in [-0.1, -0.05) is 159 Å². The van der Waals surface area contributed by atoms with E-state index in [4.69, 9.17) is 14.4 Å². The fourth-order valence-corrected chi connectivity index (χ4v) is 11.3. The summed E-state index contributed by atoms with van der Waals surface area (Å²) in [7, 11) is 0. The summed E-state index contributed by atoms with van der Waals surface area (Å²) in [5.41, 5.74) is 12.9. The fraction of sp³-hybridized carbons (Fsp3) is 0.0645. The van der Waals surface area contributed by atoms with E-state index in [0.29, 0.717) is 0 Å². The molecule has 0 saturated carbocycles. The smallest absolute Gasteiger partial charge is 0.155 e. The Balaban J connectivity index is 1.09. The summed E-state index contributed by atoms with van der Waals surface area (Å²) in [6, 6.07) is 76.3. The summed E-state index contributed by atoms with van der Waals surface area (Å²) in [4.78, 5) is 11.5. The van der Waals surface area contributed by atoms with Crippen LogP contribution in [0.3, 0.4) is 0 Å². The molecule has 2 unspecified atom stereocenters. The zero-order valence-corrected chi connectivity index (χ0v) is 36.8. The van der Waals surface area contributed by atoms with E-state index in [1.807, 2.05) is 0 Å². The molecule has 0 bridgehead atoms. The molecule has 10 aromatic carbocycles. The van der Waals surface area contributed by atoms with Crippen molar-refractivity contribution >= 4 is 98.6 Å². The maximum Gasteiger partial charge on any atom is 0.155 e. The lowest BCUT2D eigenvalue weighted by Crippen LogP contribution is -2.29. The number of hydrogen-bond acceptors (Lipinski definition) is 3. The van der Waals surface area contributed by atoms with Gasteiger partial charge in [0.25, 0.3) is 0 Å². The minimum absolute atomic E-state index is 0.0870. The minimum atomic E-state index is -0.336. The Kier molecular flexibility index (Phi) is 8.32. The van der Waals surface area contributed by atoms with Gasteiger partial charge in [-0.15, -0.1) is 0 Å². The van der Waals surface area contributed by atoms with Gasteiger partial charge in [0.1, 0.15) is 11.2 Å². The van der Waals surface area contributed by atoms with E-state index in [0.717, 1.165) is 79.0 Å². The minimum Gasteiger partial charge on any atom is -0.456 e. The van der Waals surface area contributed by atoms with E-state index >= 15 is 0 Å². The quantitative estimate of drug-likeness (QED) is 0.164. The molecule has 0 spiro atoms. The molecular formula is C62H42N4O. The van der Waals surface area contributed by atoms with Crippen LogP contribution in [0.2, 0.25) is 0 Å². The van der Waals surface area contributed by atoms with Gasteiger partial charge in [0, 0.05) is 60.4 Å². The van der Waals surface area contributed by atoms with Crippen LogP contribution in [-0.4, -0.2) is 20.7 Å². The Morgan fingerprint density at radius 1 is 0.463 bits per heavy atom. The third kappa shape index (κ3) is 5.68. The molecule has 2 atom stereocenters. The first-order chi connectivity index (χ1) is 33.2. The first kappa shape index (κ1) is 37.8. The molecule has 5 nitrogen and oxygen atoms in total. The fourth-order valence-electron chi connectivity index (χ4n) is 11.3. The van der Waals surface area contributed by atoms with Gasteiger partial charge in [-0.2, -0.15) is 0 Å². The molecule has 1 aliphatic rings. The Morgan fingerprint density at radius 2 is 1.13 bits per heavy atom. The Morgan fingerprint density at radius 3 is 1.96 bits per heavy atom. The van der Waals surface area contributed by atoms with Crippen molar-refractivity contribution in [1.29, 1.82) is 0 Å². The third-order valence-electron chi connectivity index (χ3n) is 14.3. The SMILES string of the molecule is CCC1C(c2ccc3c(c2)c2ccccc2n3-c2ccccc2)=NC(c2ccccc2)=NC1c1c(-n2c3cc4ccccc4cc3c3ccc4ccccc4c32)ccc2oc3ccccc3c12. The van der Waals surface area contributed by atoms with Crippen LogP contribution >= 0.6 is 0 Å². The molecule has 67 heavy (non-hydrogen) atoms. The van der Waals surface area contributed by atoms with Crippen LogP contribution < -0.4 is 0 Å². The number of furan rings is 1. The lowest BCUT2D eigenvalue weighted by Gasteiger charge is -2.32. The Labute approximate surface area is 386 Å². The number of aromatic nitrogens is 2. The molecule has 4 heterocycles. The van der Waals surface area contributed by atoms with Crippen LogP contribution in [-0.2, 0) is 0 Å². The summed E-state index contributed by atoms with van der Waals surface area (Å²) in [6.45, 7) is 2.30. The van der Waals surface area contributed by atoms with Gasteiger partial charge in [-0.25, -0.2) is 4.99 Å². The molecule has 14 rings (SSSR count). The molecule has 13 aromatic rings. The maximum atomic E-state index is 6.79. The largest absolute Gasteiger partial charge is 0.456 e. The van der Waals surface area contributed by atoms with Gasteiger partial charge in [0.15, 0.2) is 5.84 Å². The van der Waals surface area contributed by atoms with Crippen molar-refractivity contribution in [2.24, 2.45) is 15.9 Å². The Bertz CT molecular complexity index is 4210. The zero-order chi connectivity index (χ0) is 44.2. The maximum absolute atomic E-state index is 6.79. The lowest BCUT2D eigenvalue weighted by atomic mass is 9.81. The predicted octanol–water partition coefficient (Wildman–Crippen LogP) is 16.1. The molecule has 0 aliphatic carbocycles. The van der Waals surface area contributed by atoms with Gasteiger partial charge in [-0.3, -0.25) is 4.99 Å². The standard InChI is InChI=1S/C62H42N4O/c1-2-44-59(42-30-32-52-49(36-42)46-25-13-15-27-51(46)65(52)43-22-7-4-8-23-43)63-62(39-18-5-3-6-19-39)64-60(44)58-53(33-34-56-57(58)48-26-14-16-28-55(48)67-56)66-54-37-41-21-10-9-20-40(41)35-50(54)47-31-29-38-17-11-12-24-45(38)61(47)66/h3-37,44,60H,2H2,1H3. The van der Waals surface area contributed by atoms with E-state index in [9.17, 15) is 0 Å². The van der Waals surface area contributed by atoms with Crippen LogP contribution in [0.4, 0.5) is 0 Å². The molecule has 0 saturated heterocycles. The second-order valence-corrected chi connectivity index (χ2v) is 17.9. The number of fused-ring (bicyclic) bond motifs is 12. The normalized spacial score (nSPS) is 15.5. The second kappa shape index (κ2) is 14.7. The van der Waals surface area contributed by atoms with Crippen molar-refractivity contribution in [3.05, 3.63) is 229 Å². The molecule has 5 heteroatoms. The molecule has 0 fully saturated rings. The summed E-state index contributed by atoms with van der Waals surface area (Å²) in [5.74, 6) is 0.641. The van der Waals surface area contributed by atoms with E-state index in [1.165, 1.54) is 54.1 Å². The molecule has 316 valence electrons. The summed E-state index contributed by atoms with van der Waals surface area (Å²) in [6.07, 6.45) is 0.811. The number of para-hydroxylation sites is 3. The highest BCUT2D eigenvalue weighted by Gasteiger charge is 2.36. The lowest BCUT2D eigenvalue weighted by molar-refractivity contribution is 0.534. The monoisotopic (exact) mass is 858 g/mol. The average molecular weight is 859 g/mol. The van der Waals surface area contributed by atoms with Crippen molar-refractivity contribution in [2.45, 2.75) is 19.4 Å². The van der Waals surface area contributed by atoms with E-state index < -0.39 is 0 Å². The predicted molar refractivity (Wildman–Crippen MR) is 280 cm³/mol. The van der Waals surface area contributed by atoms with Gasteiger partial charge < -0.3 is 13.6 Å². The Hall–Kier alpha value is -8.54. The van der Waals surface area contributed by atoms with Crippen molar-refractivity contribution in [1.82, 2.24) is 9.13 Å². The van der Waals surface area contributed by atoms with Crippen molar-refractivity contribution in [3.8, 4) is 11.4 Å². The summed E-state index contributed by atoms with van der Waals surface area (Å²) in [5, 5.41) is 11.8. The molecule has 3 aromatic heterocycles. The highest BCUT2D eigenvalue weighted by Crippen LogP contribution is 2.48. The first-order valence-electron chi connectivity index (χ1n) is 23.3. The molecule has 1 aliphatic heterocycles. The van der Waals surface area contributed by atoms with Crippen molar-refractivity contribution in [3.63, 3.8) is 0 Å². The molecule has 0 radical (unpaired) electrons. The molecule has 0 amide bonds. The number of hydrogen-bond donors (Lipinski definition) is 0. The number of aliphatic imine (C=N–C) groups is 2.